The molecular weight excluding hydrogens is 402 g/mol. The lowest BCUT2D eigenvalue weighted by Gasteiger charge is -2.27. The highest BCUT2D eigenvalue weighted by Gasteiger charge is 2.36. The summed E-state index contributed by atoms with van der Waals surface area (Å²) in [6, 6.07) is 21.7. The van der Waals surface area contributed by atoms with Gasteiger partial charge in [0.2, 0.25) is 0 Å². The van der Waals surface area contributed by atoms with E-state index in [0.717, 1.165) is 34.4 Å². The van der Waals surface area contributed by atoms with Gasteiger partial charge in [0.15, 0.2) is 0 Å². The van der Waals surface area contributed by atoms with Crippen LogP contribution in [-0.2, 0) is 25.5 Å². The van der Waals surface area contributed by atoms with Crippen LogP contribution in [0.2, 0.25) is 0 Å². The number of nitrogens with one attached hydrogen (secondary N) is 1. The minimum Gasteiger partial charge on any atom is -0.469 e. The minimum atomic E-state index is -0.866. The van der Waals surface area contributed by atoms with Gasteiger partial charge in [-0.15, -0.1) is 0 Å². The van der Waals surface area contributed by atoms with Gasteiger partial charge in [0.1, 0.15) is 6.04 Å². The smallest absolute Gasteiger partial charge is 0.329 e. The summed E-state index contributed by atoms with van der Waals surface area (Å²) in [5.41, 5.74) is 7.54. The Hall–Kier alpha value is -3.60. The molecule has 1 aliphatic rings. The maximum Gasteiger partial charge on any atom is 0.329 e. The third kappa shape index (κ3) is 3.86. The van der Waals surface area contributed by atoms with Gasteiger partial charge in [-0.1, -0.05) is 73.7 Å². The highest BCUT2D eigenvalue weighted by atomic mass is 16.5. The van der Waals surface area contributed by atoms with Gasteiger partial charge in [0.25, 0.3) is 0 Å². The zero-order valence-corrected chi connectivity index (χ0v) is 18.6. The topological polar surface area (TPSA) is 64.6 Å². The van der Waals surface area contributed by atoms with Crippen molar-refractivity contribution in [2.24, 2.45) is 5.92 Å². The van der Waals surface area contributed by atoms with Crippen molar-refractivity contribution < 1.29 is 19.1 Å². The Bertz CT molecular complexity index is 1140. The minimum absolute atomic E-state index is 0.437. The van der Waals surface area contributed by atoms with E-state index in [1.165, 1.54) is 25.3 Å². The van der Waals surface area contributed by atoms with Crippen LogP contribution >= 0.6 is 0 Å². The van der Waals surface area contributed by atoms with E-state index in [1.54, 1.807) is 0 Å². The molecule has 0 saturated heterocycles. The first-order valence-electron chi connectivity index (χ1n) is 10.8. The molecule has 3 aromatic rings. The van der Waals surface area contributed by atoms with E-state index in [4.69, 9.17) is 9.47 Å². The first-order valence-corrected chi connectivity index (χ1v) is 10.8. The van der Waals surface area contributed by atoms with Gasteiger partial charge in [0.05, 0.1) is 20.1 Å². The van der Waals surface area contributed by atoms with Crippen LogP contribution in [0.1, 0.15) is 24.5 Å². The highest BCUT2D eigenvalue weighted by molar-refractivity contribution is 5.94. The number of carbonyl (C=O) groups excluding carboxylic acids is 2. The van der Waals surface area contributed by atoms with E-state index in [-0.39, 0.29) is 0 Å². The van der Waals surface area contributed by atoms with E-state index in [2.05, 4.69) is 29.6 Å². The molecule has 1 N–H and O–H groups in total. The Balaban J connectivity index is 1.87. The summed E-state index contributed by atoms with van der Waals surface area (Å²) in [5, 5.41) is 3.42. The van der Waals surface area contributed by atoms with E-state index in [1.807, 2.05) is 49.4 Å². The quantitative estimate of drug-likeness (QED) is 0.415. The van der Waals surface area contributed by atoms with Crippen LogP contribution in [0.3, 0.4) is 0 Å². The average molecular weight is 430 g/mol. The number of carbonyl (C=O) groups is 2. The normalized spacial score (nSPS) is 13.5. The van der Waals surface area contributed by atoms with E-state index >= 15 is 0 Å². The molecule has 0 unspecified atom stereocenters. The number of methoxy groups -OCH3 is 2. The predicted molar refractivity (Wildman–Crippen MR) is 125 cm³/mol. The maximum absolute atomic E-state index is 12.8. The number of hydrogen-bond donors (Lipinski definition) is 1. The van der Waals surface area contributed by atoms with Crippen LogP contribution in [0.5, 0.6) is 0 Å². The second-order valence-corrected chi connectivity index (χ2v) is 7.90. The van der Waals surface area contributed by atoms with Crippen molar-refractivity contribution in [2.75, 3.05) is 19.5 Å². The van der Waals surface area contributed by atoms with Crippen molar-refractivity contribution in [3.8, 4) is 22.3 Å². The van der Waals surface area contributed by atoms with Crippen molar-refractivity contribution in [3.63, 3.8) is 0 Å². The fourth-order valence-corrected chi connectivity index (χ4v) is 4.53. The molecule has 4 rings (SSSR count). The van der Waals surface area contributed by atoms with Crippen molar-refractivity contribution in [3.05, 3.63) is 77.9 Å². The Labute approximate surface area is 188 Å². The molecule has 0 amide bonds. The first-order chi connectivity index (χ1) is 15.6. The third-order valence-corrected chi connectivity index (χ3v) is 6.17. The maximum atomic E-state index is 12.8. The molecule has 0 aromatic heterocycles. The molecule has 0 radical (unpaired) electrons. The molecule has 0 saturated carbocycles. The van der Waals surface area contributed by atoms with E-state index < -0.39 is 23.9 Å². The van der Waals surface area contributed by atoms with Gasteiger partial charge < -0.3 is 14.8 Å². The zero-order chi connectivity index (χ0) is 22.7. The fraction of sp³-hybridized carbons (Fsp3) is 0.259. The molecule has 0 fully saturated rings. The van der Waals surface area contributed by atoms with Crippen molar-refractivity contribution in [2.45, 2.75) is 25.8 Å². The molecule has 0 aliphatic heterocycles. The molecule has 164 valence electrons. The van der Waals surface area contributed by atoms with Crippen LogP contribution in [-0.4, -0.2) is 32.2 Å². The molecule has 1 aliphatic carbocycles. The number of hydrogen-bond acceptors (Lipinski definition) is 5. The van der Waals surface area contributed by atoms with Crippen molar-refractivity contribution in [1.82, 2.24) is 0 Å². The zero-order valence-electron chi connectivity index (χ0n) is 18.6. The largest absolute Gasteiger partial charge is 0.469 e. The summed E-state index contributed by atoms with van der Waals surface area (Å²) < 4.78 is 10.1. The average Bonchev–Trinajstić information content (AvgIpc) is 3.22. The van der Waals surface area contributed by atoms with Crippen molar-refractivity contribution >= 4 is 17.6 Å². The standard InChI is InChI=1S/C27H27NO4/c1-4-19(26(29)31-2)25(27(30)32-3)28-24-21(17-10-6-5-7-11-17)14-15-22-20-13-9-8-12-18(20)16-23(22)24/h5-15,19,25,28H,4,16H2,1-3H3/t19-,25-/m0/s1. The number of fused-ring (bicyclic) bond motifs is 3. The van der Waals surface area contributed by atoms with E-state index in [9.17, 15) is 9.59 Å². The Morgan fingerprint density at radius 2 is 1.50 bits per heavy atom. The number of benzene rings is 3. The molecule has 5 nitrogen and oxygen atoms in total. The van der Waals surface area contributed by atoms with Crippen LogP contribution in [0.4, 0.5) is 5.69 Å². The Morgan fingerprint density at radius 3 is 2.19 bits per heavy atom. The summed E-state index contributed by atoms with van der Waals surface area (Å²) in [6.45, 7) is 1.86. The van der Waals surface area contributed by atoms with Crippen LogP contribution in [0.25, 0.3) is 22.3 Å². The lowest BCUT2D eigenvalue weighted by Crippen LogP contribution is -2.42. The van der Waals surface area contributed by atoms with E-state index in [0.29, 0.717) is 6.42 Å². The summed E-state index contributed by atoms with van der Waals surface area (Å²) >= 11 is 0. The van der Waals surface area contributed by atoms with Crippen LogP contribution in [0, 0.1) is 5.92 Å². The van der Waals surface area contributed by atoms with Gasteiger partial charge in [-0.05, 0) is 34.2 Å². The van der Waals surface area contributed by atoms with Crippen LogP contribution < -0.4 is 5.32 Å². The Morgan fingerprint density at radius 1 is 0.844 bits per heavy atom. The second kappa shape index (κ2) is 9.27. The highest BCUT2D eigenvalue weighted by Crippen LogP contribution is 2.45. The first kappa shape index (κ1) is 21.6. The van der Waals surface area contributed by atoms with Gasteiger partial charge in [-0.25, -0.2) is 4.79 Å². The number of anilines is 1. The molecule has 3 aromatic carbocycles. The number of esters is 2. The number of rotatable bonds is 7. The molecule has 0 heterocycles. The molecule has 5 heteroatoms. The molecule has 32 heavy (non-hydrogen) atoms. The van der Waals surface area contributed by atoms with Crippen LogP contribution in [0.15, 0.2) is 66.7 Å². The van der Waals surface area contributed by atoms with Gasteiger partial charge in [-0.3, -0.25) is 4.79 Å². The summed E-state index contributed by atoms with van der Waals surface area (Å²) in [6.07, 6.45) is 1.19. The third-order valence-electron chi connectivity index (χ3n) is 6.17. The fourth-order valence-electron chi connectivity index (χ4n) is 4.53. The number of ether oxygens (including phenoxy) is 2. The van der Waals surface area contributed by atoms with Gasteiger partial charge in [0, 0.05) is 17.7 Å². The molecule has 0 spiro atoms. The summed E-state index contributed by atoms with van der Waals surface area (Å²) in [7, 11) is 2.68. The molecule has 0 bridgehead atoms. The van der Waals surface area contributed by atoms with Crippen molar-refractivity contribution in [1.29, 1.82) is 0 Å². The predicted octanol–water partition coefficient (Wildman–Crippen LogP) is 5.08. The Kier molecular flexibility index (Phi) is 6.26. The van der Waals surface area contributed by atoms with Gasteiger partial charge >= 0.3 is 11.9 Å². The summed E-state index contributed by atoms with van der Waals surface area (Å²) in [4.78, 5) is 25.3. The molecule has 2 atom stereocenters. The lowest BCUT2D eigenvalue weighted by atomic mass is 9.92. The monoisotopic (exact) mass is 429 g/mol. The SMILES string of the molecule is CC[C@H](C(=O)OC)[C@H](Nc1c(-c2ccccc2)ccc2c1Cc1ccccc1-2)C(=O)OC. The lowest BCUT2D eigenvalue weighted by molar-refractivity contribution is -0.153. The summed E-state index contributed by atoms with van der Waals surface area (Å²) in [5.74, 6) is -1.60. The van der Waals surface area contributed by atoms with Gasteiger partial charge in [-0.2, -0.15) is 0 Å². The molecular formula is C27H27NO4. The second-order valence-electron chi connectivity index (χ2n) is 7.90.